The number of fused-ring (bicyclic) bond motifs is 1. The molecule has 2 aromatic carbocycles. The molecule has 0 spiro atoms. The quantitative estimate of drug-likeness (QED) is 0.243. The maximum atomic E-state index is 14.8. The summed E-state index contributed by atoms with van der Waals surface area (Å²) in [4.78, 5) is 44.0. The first-order valence-corrected chi connectivity index (χ1v) is 16.5. The van der Waals surface area contributed by atoms with E-state index in [2.05, 4.69) is 16.0 Å². The van der Waals surface area contributed by atoms with Gasteiger partial charge in [-0.05, 0) is 24.3 Å². The Morgan fingerprint density at radius 3 is 2.04 bits per heavy atom. The number of aliphatic imine (C=N–C) groups is 1. The van der Waals surface area contributed by atoms with Crippen LogP contribution >= 0.6 is 0 Å². The zero-order valence-corrected chi connectivity index (χ0v) is 26.2. The molecule has 2 aliphatic heterocycles. The van der Waals surface area contributed by atoms with Crippen molar-refractivity contribution in [3.63, 3.8) is 0 Å². The number of sulfonamides is 1. The maximum absolute atomic E-state index is 14.8. The molecule has 0 unspecified atom stereocenters. The van der Waals surface area contributed by atoms with Crippen LogP contribution in [0.5, 0.6) is 0 Å². The number of hydrogen-bond donors (Lipinski definition) is 0. The van der Waals surface area contributed by atoms with Crippen LogP contribution in [-0.2, 0) is 41.8 Å². The summed E-state index contributed by atoms with van der Waals surface area (Å²) in [5, 5.41) is 9.20. The smallest absolute Gasteiger partial charge is 0.256 e. The Hall–Kier alpha value is -4.93. The Bertz CT molecular complexity index is 1950. The first-order chi connectivity index (χ1) is 22.1. The Balaban J connectivity index is 1.23. The number of Topliss-reactive ketones (excluding diaryl/α,β-unsaturated/α-hetero) is 1. The first-order valence-electron chi connectivity index (χ1n) is 15.0. The maximum Gasteiger partial charge on any atom is 0.256 e. The van der Waals surface area contributed by atoms with Crippen LogP contribution in [0.25, 0.3) is 0 Å². The van der Waals surface area contributed by atoms with E-state index in [1.807, 2.05) is 23.2 Å². The Labute approximate surface area is 266 Å². The number of imidazole rings is 2. The minimum absolute atomic E-state index is 0.0816. The van der Waals surface area contributed by atoms with E-state index in [1.54, 1.807) is 84.5 Å². The van der Waals surface area contributed by atoms with Gasteiger partial charge in [-0.1, -0.05) is 30.3 Å². The zero-order chi connectivity index (χ0) is 32.2. The predicted molar refractivity (Wildman–Crippen MR) is 167 cm³/mol. The SMILES string of the molecule is Cn1cncc1CC1(Cc2cncn2C)N=C(CC(=O)c2ccc(C#N)cc2)N(C2[C@H]3CN(S(=O)(=O)c4ccccc4)C[C@H]23)C1=O. The van der Waals surface area contributed by atoms with Gasteiger partial charge in [0.15, 0.2) is 11.3 Å². The number of rotatable bonds is 10. The van der Waals surface area contributed by atoms with Gasteiger partial charge in [0.1, 0.15) is 5.84 Å². The van der Waals surface area contributed by atoms with Crippen molar-refractivity contribution in [1.82, 2.24) is 28.3 Å². The van der Waals surface area contributed by atoms with Gasteiger partial charge in [-0.15, -0.1) is 0 Å². The highest BCUT2D eigenvalue weighted by atomic mass is 32.2. The van der Waals surface area contributed by atoms with E-state index in [-0.39, 0.29) is 66.8 Å². The van der Waals surface area contributed by atoms with E-state index >= 15 is 0 Å². The molecule has 4 heterocycles. The fourth-order valence-electron chi connectivity index (χ4n) is 6.88. The molecule has 1 amide bonds. The molecule has 0 N–H and O–H groups in total. The van der Waals surface area contributed by atoms with Crippen LogP contribution in [-0.4, -0.2) is 78.9 Å². The van der Waals surface area contributed by atoms with Crippen molar-refractivity contribution in [3.8, 4) is 6.07 Å². The number of benzene rings is 2. The highest BCUT2D eigenvalue weighted by Gasteiger charge is 2.65. The van der Waals surface area contributed by atoms with Crippen molar-refractivity contribution in [2.75, 3.05) is 13.1 Å². The highest BCUT2D eigenvalue weighted by molar-refractivity contribution is 7.89. The number of nitriles is 1. The van der Waals surface area contributed by atoms with Gasteiger partial charge in [0.2, 0.25) is 10.0 Å². The zero-order valence-electron chi connectivity index (χ0n) is 25.4. The predicted octanol–water partition coefficient (Wildman–Crippen LogP) is 2.38. The van der Waals surface area contributed by atoms with Crippen LogP contribution in [0.2, 0.25) is 0 Å². The number of amides is 1. The molecule has 2 aromatic heterocycles. The Kier molecular flexibility index (Phi) is 7.21. The van der Waals surface area contributed by atoms with E-state index in [0.717, 1.165) is 11.4 Å². The lowest BCUT2D eigenvalue weighted by Crippen LogP contribution is -2.49. The third kappa shape index (κ3) is 5.03. The van der Waals surface area contributed by atoms with E-state index in [1.165, 1.54) is 4.31 Å². The number of carbonyl (C=O) groups is 2. The summed E-state index contributed by atoms with van der Waals surface area (Å²) < 4.78 is 31.9. The number of piperidine rings is 1. The molecule has 1 saturated carbocycles. The van der Waals surface area contributed by atoms with Crippen LogP contribution in [0.4, 0.5) is 0 Å². The van der Waals surface area contributed by atoms with Gasteiger partial charge in [0.05, 0.1) is 35.6 Å². The summed E-state index contributed by atoms with van der Waals surface area (Å²) >= 11 is 0. The van der Waals surface area contributed by atoms with Gasteiger partial charge in [-0.2, -0.15) is 9.57 Å². The van der Waals surface area contributed by atoms with Gasteiger partial charge in [0.25, 0.3) is 5.91 Å². The third-order valence-corrected chi connectivity index (χ3v) is 11.3. The van der Waals surface area contributed by atoms with Crippen molar-refractivity contribution in [1.29, 1.82) is 5.26 Å². The van der Waals surface area contributed by atoms with Crippen LogP contribution in [0, 0.1) is 23.2 Å². The van der Waals surface area contributed by atoms with Gasteiger partial charge in [-0.3, -0.25) is 19.5 Å². The molecule has 4 aromatic rings. The molecular formula is C33H32N8O4S. The van der Waals surface area contributed by atoms with Crippen LogP contribution in [0.1, 0.15) is 33.7 Å². The topological polar surface area (TPSA) is 147 Å². The number of ketones is 1. The molecule has 13 heteroatoms. The average Bonchev–Trinajstić information content (AvgIpc) is 3.52. The van der Waals surface area contributed by atoms with Crippen molar-refractivity contribution < 1.29 is 18.0 Å². The molecule has 1 saturated heterocycles. The molecule has 2 atom stereocenters. The standard InChI is InChI=1S/C33H32N8O4S/c1-38-20-35-16-24(38)13-33(14-25-17-36-21-39(25)2)32(43)41(30(37-33)12-29(42)23-10-8-22(15-34)9-11-23)31-27-18-40(19-28(27)31)46(44,45)26-6-4-3-5-7-26/h3-11,16-17,20-21,27-28,31H,12-14,18-19H2,1-2H3/t27-,28-/m0/s1. The van der Waals surface area contributed by atoms with Crippen molar-refractivity contribution in [3.05, 3.63) is 102 Å². The minimum atomic E-state index is -3.67. The second kappa shape index (κ2) is 11.1. The summed E-state index contributed by atoms with van der Waals surface area (Å²) in [5.41, 5.74) is 1.24. The molecule has 1 aliphatic carbocycles. The Morgan fingerprint density at radius 1 is 0.935 bits per heavy atom. The van der Waals surface area contributed by atoms with Crippen LogP contribution in [0.3, 0.4) is 0 Å². The van der Waals surface area contributed by atoms with E-state index in [9.17, 15) is 23.3 Å². The number of aryl methyl sites for hydroxylation is 2. The monoisotopic (exact) mass is 636 g/mol. The number of amidine groups is 1. The number of aromatic nitrogens is 4. The fourth-order valence-corrected chi connectivity index (χ4v) is 8.41. The van der Waals surface area contributed by atoms with Crippen LogP contribution in [0.15, 0.2) is 89.5 Å². The van der Waals surface area contributed by atoms with Crippen molar-refractivity contribution >= 4 is 27.5 Å². The lowest BCUT2D eigenvalue weighted by molar-refractivity contribution is -0.132. The van der Waals surface area contributed by atoms with Crippen molar-refractivity contribution in [2.45, 2.75) is 35.7 Å². The van der Waals surface area contributed by atoms with E-state index < -0.39 is 15.6 Å². The third-order valence-electron chi connectivity index (χ3n) is 9.47. The van der Waals surface area contributed by atoms with Gasteiger partial charge < -0.3 is 9.13 Å². The summed E-state index contributed by atoms with van der Waals surface area (Å²) in [7, 11) is 0.0552. The fraction of sp³-hybridized carbons (Fsp3) is 0.333. The van der Waals surface area contributed by atoms with E-state index in [0.29, 0.717) is 17.0 Å². The molecule has 3 aliphatic rings. The number of hydrogen-bond acceptors (Lipinski definition) is 8. The van der Waals surface area contributed by atoms with Crippen molar-refractivity contribution in [2.24, 2.45) is 30.9 Å². The average molecular weight is 637 g/mol. The largest absolute Gasteiger partial charge is 0.338 e. The molecule has 0 radical (unpaired) electrons. The Morgan fingerprint density at radius 2 is 1.52 bits per heavy atom. The molecule has 2 fully saturated rings. The molecular weight excluding hydrogens is 604 g/mol. The minimum Gasteiger partial charge on any atom is -0.338 e. The molecule has 7 rings (SSSR count). The number of carbonyl (C=O) groups excluding carboxylic acids is 2. The second-order valence-corrected chi connectivity index (χ2v) is 14.3. The molecule has 0 bridgehead atoms. The summed E-state index contributed by atoms with van der Waals surface area (Å²) in [5.74, 6) is -0.226. The number of nitrogens with zero attached hydrogens (tertiary/aromatic N) is 8. The second-order valence-electron chi connectivity index (χ2n) is 12.3. The normalized spacial score (nSPS) is 22.0. The van der Waals surface area contributed by atoms with Gasteiger partial charge >= 0.3 is 0 Å². The summed E-state index contributed by atoms with van der Waals surface area (Å²) in [6, 6.07) is 16.5. The molecule has 234 valence electrons. The van der Waals surface area contributed by atoms with Crippen LogP contribution < -0.4 is 0 Å². The lowest BCUT2D eigenvalue weighted by atomic mass is 9.88. The molecule has 46 heavy (non-hydrogen) atoms. The summed E-state index contributed by atoms with van der Waals surface area (Å²) in [6.07, 6.45) is 7.20. The lowest BCUT2D eigenvalue weighted by Gasteiger charge is -2.29. The van der Waals surface area contributed by atoms with Gasteiger partial charge in [-0.25, -0.2) is 18.4 Å². The molecule has 12 nitrogen and oxygen atoms in total. The first kappa shape index (κ1) is 29.8. The van der Waals surface area contributed by atoms with Gasteiger partial charge in [0, 0.05) is 87.2 Å². The highest BCUT2D eigenvalue weighted by Crippen LogP contribution is 2.52. The summed E-state index contributed by atoms with van der Waals surface area (Å²) in [6.45, 7) is 0.563. The van der Waals surface area contributed by atoms with E-state index in [4.69, 9.17) is 4.99 Å².